The van der Waals surface area contributed by atoms with Crippen LogP contribution in [0.4, 0.5) is 5.95 Å². The number of aromatic nitrogens is 2. The van der Waals surface area contributed by atoms with Crippen LogP contribution in [0.3, 0.4) is 0 Å². The lowest BCUT2D eigenvalue weighted by Crippen LogP contribution is -2.33. The van der Waals surface area contributed by atoms with Gasteiger partial charge < -0.3 is 15.4 Å². The predicted octanol–water partition coefficient (Wildman–Crippen LogP) is 1.03. The molecule has 1 aromatic heterocycles. The Bertz CT molecular complexity index is 332. The maximum Gasteiger partial charge on any atom is 0.232 e. The second kappa shape index (κ2) is 5.27. The number of likely N-dealkylation sites (N-methyl/N-ethyl adjacent to an activating group) is 1. The Balaban J connectivity index is 2.85. The Morgan fingerprint density at radius 3 is 2.87 bits per heavy atom. The Morgan fingerprint density at radius 2 is 2.33 bits per heavy atom. The molecule has 84 valence electrons. The molecule has 0 saturated heterocycles. The quantitative estimate of drug-likeness (QED) is 0.889. The number of halogens is 1. The van der Waals surface area contributed by atoms with Crippen LogP contribution in [0.1, 0.15) is 6.92 Å². The summed E-state index contributed by atoms with van der Waals surface area (Å²) in [4.78, 5) is 10.3. The third-order valence-corrected chi connectivity index (χ3v) is 2.34. The van der Waals surface area contributed by atoms with Crippen LogP contribution in [-0.4, -0.2) is 36.7 Å². The second-order valence-corrected chi connectivity index (χ2v) is 4.24. The number of hydrogen-bond donors (Lipinski definition) is 1. The summed E-state index contributed by atoms with van der Waals surface area (Å²) in [5.41, 5.74) is 5.69. The summed E-state index contributed by atoms with van der Waals surface area (Å²) in [6.07, 6.45) is 1.67. The van der Waals surface area contributed by atoms with Gasteiger partial charge in [0, 0.05) is 19.6 Å². The van der Waals surface area contributed by atoms with Crippen molar-refractivity contribution in [2.75, 3.05) is 25.6 Å². The van der Waals surface area contributed by atoms with Crippen LogP contribution in [0, 0.1) is 0 Å². The molecule has 1 rings (SSSR count). The molecule has 1 aromatic rings. The maximum atomic E-state index is 5.69. The molecule has 1 heterocycles. The molecule has 5 nitrogen and oxygen atoms in total. The fourth-order valence-electron chi connectivity index (χ4n) is 1.18. The van der Waals surface area contributed by atoms with Crippen molar-refractivity contribution in [3.63, 3.8) is 0 Å². The van der Waals surface area contributed by atoms with Gasteiger partial charge in [0.15, 0.2) is 0 Å². The van der Waals surface area contributed by atoms with Crippen LogP contribution in [0.5, 0.6) is 5.88 Å². The van der Waals surface area contributed by atoms with Gasteiger partial charge in [-0.1, -0.05) is 0 Å². The molecule has 0 spiro atoms. The lowest BCUT2D eigenvalue weighted by atomic mass is 10.3. The third kappa shape index (κ3) is 3.32. The second-order valence-electron chi connectivity index (χ2n) is 3.39. The first-order valence-electron chi connectivity index (χ1n) is 4.58. The van der Waals surface area contributed by atoms with E-state index < -0.39 is 0 Å². The first kappa shape index (κ1) is 12.2. The smallest absolute Gasteiger partial charge is 0.232 e. The van der Waals surface area contributed by atoms with Crippen LogP contribution in [0.2, 0.25) is 0 Å². The van der Waals surface area contributed by atoms with Crippen molar-refractivity contribution in [1.82, 2.24) is 9.97 Å². The number of methoxy groups -OCH3 is 1. The number of anilines is 1. The molecular weight excluding hydrogens is 260 g/mol. The van der Waals surface area contributed by atoms with E-state index in [2.05, 4.69) is 25.9 Å². The molecule has 0 bridgehead atoms. The minimum atomic E-state index is 0.0771. The number of nitrogens with two attached hydrogens (primary N) is 1. The molecule has 0 fully saturated rings. The van der Waals surface area contributed by atoms with Gasteiger partial charge in [-0.25, -0.2) is 4.98 Å². The zero-order chi connectivity index (χ0) is 11.4. The summed E-state index contributed by atoms with van der Waals surface area (Å²) in [6.45, 7) is 2.64. The van der Waals surface area contributed by atoms with Crippen molar-refractivity contribution in [2.45, 2.75) is 13.0 Å². The molecule has 1 unspecified atom stereocenters. The predicted molar refractivity (Wildman–Crippen MR) is 63.2 cm³/mol. The Labute approximate surface area is 97.8 Å². The average molecular weight is 275 g/mol. The highest BCUT2D eigenvalue weighted by Crippen LogP contribution is 2.22. The van der Waals surface area contributed by atoms with Gasteiger partial charge >= 0.3 is 0 Å². The number of hydrogen-bond acceptors (Lipinski definition) is 5. The Kier molecular flexibility index (Phi) is 4.28. The number of nitrogens with zero attached hydrogens (tertiary/aromatic N) is 3. The lowest BCUT2D eigenvalue weighted by molar-refractivity contribution is 0.394. The molecule has 6 heteroatoms. The largest absolute Gasteiger partial charge is 0.480 e. The van der Waals surface area contributed by atoms with Crippen LogP contribution in [0.15, 0.2) is 10.7 Å². The summed E-state index contributed by atoms with van der Waals surface area (Å²) in [7, 11) is 3.47. The first-order valence-corrected chi connectivity index (χ1v) is 5.37. The van der Waals surface area contributed by atoms with E-state index in [9.17, 15) is 0 Å². The van der Waals surface area contributed by atoms with Crippen molar-refractivity contribution in [3.05, 3.63) is 10.7 Å². The molecule has 0 radical (unpaired) electrons. The molecular formula is C9H15BrN4O. The minimum Gasteiger partial charge on any atom is -0.480 e. The summed E-state index contributed by atoms with van der Waals surface area (Å²) in [5.74, 6) is 1.13. The van der Waals surface area contributed by atoms with E-state index in [4.69, 9.17) is 10.5 Å². The number of ether oxygens (including phenoxy) is 1. The minimum absolute atomic E-state index is 0.0771. The van der Waals surface area contributed by atoms with E-state index in [0.717, 1.165) is 4.47 Å². The molecule has 2 N–H and O–H groups in total. The summed E-state index contributed by atoms with van der Waals surface area (Å²) in [6, 6.07) is 0.0771. The number of rotatable bonds is 4. The van der Waals surface area contributed by atoms with Gasteiger partial charge in [-0.2, -0.15) is 4.98 Å². The fraction of sp³-hybridized carbons (Fsp3) is 0.556. The van der Waals surface area contributed by atoms with E-state index in [0.29, 0.717) is 18.4 Å². The summed E-state index contributed by atoms with van der Waals surface area (Å²) >= 11 is 3.30. The van der Waals surface area contributed by atoms with Gasteiger partial charge in [0.2, 0.25) is 11.8 Å². The van der Waals surface area contributed by atoms with E-state index in [1.54, 1.807) is 13.3 Å². The first-order chi connectivity index (χ1) is 7.04. The zero-order valence-electron chi connectivity index (χ0n) is 9.07. The molecule has 0 aliphatic rings. The van der Waals surface area contributed by atoms with Crippen LogP contribution in [0.25, 0.3) is 0 Å². The normalized spacial score (nSPS) is 12.3. The van der Waals surface area contributed by atoms with Gasteiger partial charge in [0.1, 0.15) is 0 Å². The van der Waals surface area contributed by atoms with Gasteiger partial charge in [-0.15, -0.1) is 0 Å². The van der Waals surface area contributed by atoms with E-state index in [1.165, 1.54) is 0 Å². The molecule has 15 heavy (non-hydrogen) atoms. The molecule has 0 aliphatic carbocycles. The Morgan fingerprint density at radius 1 is 1.67 bits per heavy atom. The lowest BCUT2D eigenvalue weighted by Gasteiger charge is -2.19. The van der Waals surface area contributed by atoms with E-state index in [1.807, 2.05) is 18.9 Å². The summed E-state index contributed by atoms with van der Waals surface area (Å²) < 4.78 is 5.82. The SMILES string of the molecule is COc1nc(N(C)CC(C)N)ncc1Br. The fourth-order valence-corrected chi connectivity index (χ4v) is 1.54. The van der Waals surface area contributed by atoms with Gasteiger partial charge in [0.05, 0.1) is 17.8 Å². The monoisotopic (exact) mass is 274 g/mol. The summed E-state index contributed by atoms with van der Waals surface area (Å²) in [5, 5.41) is 0. The average Bonchev–Trinajstić information content (AvgIpc) is 2.17. The van der Waals surface area contributed by atoms with Crippen molar-refractivity contribution < 1.29 is 4.74 Å². The van der Waals surface area contributed by atoms with Gasteiger partial charge in [-0.05, 0) is 22.9 Å². The highest BCUT2D eigenvalue weighted by Gasteiger charge is 2.10. The molecule has 0 aliphatic heterocycles. The van der Waals surface area contributed by atoms with Crippen molar-refractivity contribution in [2.24, 2.45) is 5.73 Å². The molecule has 0 amide bonds. The van der Waals surface area contributed by atoms with Crippen LogP contribution >= 0.6 is 15.9 Å². The zero-order valence-corrected chi connectivity index (χ0v) is 10.7. The molecule has 0 saturated carbocycles. The Hall–Kier alpha value is -0.880. The van der Waals surface area contributed by atoms with Gasteiger partial charge in [-0.3, -0.25) is 0 Å². The molecule has 0 aromatic carbocycles. The highest BCUT2D eigenvalue weighted by molar-refractivity contribution is 9.10. The highest BCUT2D eigenvalue weighted by atomic mass is 79.9. The van der Waals surface area contributed by atoms with Gasteiger partial charge in [0.25, 0.3) is 0 Å². The standard InChI is InChI=1S/C9H15BrN4O/c1-6(11)5-14(2)9-12-4-7(10)8(13-9)15-3/h4,6H,5,11H2,1-3H3. The van der Waals surface area contributed by atoms with Crippen molar-refractivity contribution >= 4 is 21.9 Å². The van der Waals surface area contributed by atoms with Crippen molar-refractivity contribution in [1.29, 1.82) is 0 Å². The van der Waals surface area contributed by atoms with Crippen molar-refractivity contribution in [3.8, 4) is 5.88 Å². The van der Waals surface area contributed by atoms with E-state index >= 15 is 0 Å². The van der Waals surface area contributed by atoms with Crippen LogP contribution in [-0.2, 0) is 0 Å². The topological polar surface area (TPSA) is 64.3 Å². The van der Waals surface area contributed by atoms with Crippen LogP contribution < -0.4 is 15.4 Å². The third-order valence-electron chi connectivity index (χ3n) is 1.80. The van der Waals surface area contributed by atoms with E-state index in [-0.39, 0.29) is 6.04 Å². The molecule has 1 atom stereocenters. The maximum absolute atomic E-state index is 5.69.